The Hall–Kier alpha value is -1.79. The number of nitrogens with zero attached hydrogens (tertiary/aromatic N) is 3. The third-order valence-electron chi connectivity index (χ3n) is 5.26. The van der Waals surface area contributed by atoms with Gasteiger partial charge in [0.2, 0.25) is 0 Å². The topological polar surface area (TPSA) is 62.7 Å². The first-order chi connectivity index (χ1) is 13.2. The van der Waals surface area contributed by atoms with Crippen LogP contribution in [0.3, 0.4) is 0 Å². The lowest BCUT2D eigenvalue weighted by atomic mass is 10.0. The molecule has 0 bridgehead atoms. The van der Waals surface area contributed by atoms with Crippen LogP contribution in [0.15, 0.2) is 18.3 Å². The summed E-state index contributed by atoms with van der Waals surface area (Å²) in [6, 6.07) is 4.45. The number of carbonyl (C=O) groups is 2. The molecule has 0 saturated carbocycles. The van der Waals surface area contributed by atoms with Crippen LogP contribution in [-0.2, 0) is 9.53 Å². The van der Waals surface area contributed by atoms with Gasteiger partial charge in [-0.1, -0.05) is 27.7 Å². The Morgan fingerprint density at radius 3 is 2.25 bits per heavy atom. The molecule has 1 aromatic heterocycles. The molecule has 156 valence electrons. The zero-order valence-corrected chi connectivity index (χ0v) is 18.1. The molecule has 0 aliphatic carbocycles. The lowest BCUT2D eigenvalue weighted by Gasteiger charge is -2.45. The summed E-state index contributed by atoms with van der Waals surface area (Å²) in [5, 5.41) is 0. The Morgan fingerprint density at radius 1 is 1.11 bits per heavy atom. The van der Waals surface area contributed by atoms with Gasteiger partial charge in [0.05, 0.1) is 6.61 Å². The van der Waals surface area contributed by atoms with E-state index in [1.165, 1.54) is 0 Å². The van der Waals surface area contributed by atoms with Crippen molar-refractivity contribution in [3.63, 3.8) is 0 Å². The molecule has 1 saturated heterocycles. The van der Waals surface area contributed by atoms with Crippen LogP contribution in [0.1, 0.15) is 51.9 Å². The van der Waals surface area contributed by atoms with Gasteiger partial charge in [0, 0.05) is 55.3 Å². The summed E-state index contributed by atoms with van der Waals surface area (Å²) in [5.41, 5.74) is 0.672. The molecule has 0 N–H and O–H groups in total. The number of piperazine rings is 1. The zero-order valence-electron chi connectivity index (χ0n) is 18.1. The highest BCUT2D eigenvalue weighted by Gasteiger charge is 2.30. The zero-order chi connectivity index (χ0) is 20.8. The molecule has 6 nitrogen and oxygen atoms in total. The molecule has 2 atom stereocenters. The summed E-state index contributed by atoms with van der Waals surface area (Å²) in [4.78, 5) is 33.0. The van der Waals surface area contributed by atoms with Crippen molar-refractivity contribution < 1.29 is 14.3 Å². The van der Waals surface area contributed by atoms with E-state index in [2.05, 4.69) is 28.6 Å². The Morgan fingerprint density at radius 2 is 1.75 bits per heavy atom. The van der Waals surface area contributed by atoms with E-state index in [4.69, 9.17) is 4.74 Å². The van der Waals surface area contributed by atoms with Gasteiger partial charge in [-0.3, -0.25) is 14.5 Å². The molecule has 1 fully saturated rings. The van der Waals surface area contributed by atoms with Crippen molar-refractivity contribution in [2.24, 2.45) is 11.8 Å². The van der Waals surface area contributed by atoms with E-state index in [0.717, 1.165) is 25.5 Å². The summed E-state index contributed by atoms with van der Waals surface area (Å²) in [7, 11) is 0. The van der Waals surface area contributed by atoms with Gasteiger partial charge in [-0.2, -0.15) is 0 Å². The molecule has 0 aromatic carbocycles. The summed E-state index contributed by atoms with van der Waals surface area (Å²) < 4.78 is 5.55. The number of ether oxygens (including phenoxy) is 1. The summed E-state index contributed by atoms with van der Waals surface area (Å²) in [6.45, 7) is 15.4. The number of anilines is 1. The van der Waals surface area contributed by atoms with Crippen molar-refractivity contribution in [3.8, 4) is 0 Å². The van der Waals surface area contributed by atoms with Crippen LogP contribution in [-0.4, -0.2) is 66.4 Å². The average molecular weight is 390 g/mol. The Balaban J connectivity index is 1.89. The van der Waals surface area contributed by atoms with Crippen LogP contribution in [0.25, 0.3) is 0 Å². The monoisotopic (exact) mass is 389 g/mol. The van der Waals surface area contributed by atoms with E-state index in [1.807, 2.05) is 39.8 Å². The molecule has 28 heavy (non-hydrogen) atoms. The second kappa shape index (κ2) is 10.1. The third-order valence-corrected chi connectivity index (χ3v) is 5.26. The van der Waals surface area contributed by atoms with Crippen LogP contribution in [0.4, 0.5) is 5.82 Å². The number of ketones is 2. The Kier molecular flexibility index (Phi) is 8.13. The number of rotatable bonds is 9. The van der Waals surface area contributed by atoms with Crippen LogP contribution >= 0.6 is 0 Å². The lowest BCUT2D eigenvalue weighted by Crippen LogP contribution is -2.57. The number of Topliss-reactive ketones (excluding diaryl/α,β-unsaturated/α-hetero) is 2. The second-order valence-electron chi connectivity index (χ2n) is 8.46. The quantitative estimate of drug-likeness (QED) is 0.478. The molecule has 2 rings (SSSR count). The van der Waals surface area contributed by atoms with Gasteiger partial charge >= 0.3 is 0 Å². The summed E-state index contributed by atoms with van der Waals surface area (Å²) in [6.07, 6.45) is 1.70. The molecule has 1 aliphatic rings. The number of carbonyl (C=O) groups excluding carboxylic acids is 2. The largest absolute Gasteiger partial charge is 0.372 e. The van der Waals surface area contributed by atoms with Crippen molar-refractivity contribution in [3.05, 3.63) is 23.9 Å². The Bertz CT molecular complexity index is 645. The van der Waals surface area contributed by atoms with E-state index in [-0.39, 0.29) is 30.0 Å². The van der Waals surface area contributed by atoms with E-state index in [9.17, 15) is 9.59 Å². The molecule has 2 heterocycles. The summed E-state index contributed by atoms with van der Waals surface area (Å²) in [5.74, 6) is 1.20. The van der Waals surface area contributed by atoms with Gasteiger partial charge in [0.1, 0.15) is 12.4 Å². The Labute approximate surface area is 169 Å². The highest BCUT2D eigenvalue weighted by atomic mass is 16.5. The number of hydrogen-bond donors (Lipinski definition) is 0. The van der Waals surface area contributed by atoms with Gasteiger partial charge in [-0.25, -0.2) is 4.98 Å². The minimum Gasteiger partial charge on any atom is -0.372 e. The van der Waals surface area contributed by atoms with Gasteiger partial charge in [-0.15, -0.1) is 0 Å². The molecule has 0 radical (unpaired) electrons. The molecular weight excluding hydrogens is 354 g/mol. The van der Waals surface area contributed by atoms with Crippen molar-refractivity contribution in [2.45, 2.75) is 53.6 Å². The number of hydrogen-bond acceptors (Lipinski definition) is 6. The fraction of sp³-hybridized carbons (Fsp3) is 0.682. The smallest absolute Gasteiger partial charge is 0.166 e. The van der Waals surface area contributed by atoms with Crippen molar-refractivity contribution >= 4 is 17.4 Å². The molecule has 0 unspecified atom stereocenters. The molecule has 6 heteroatoms. The first-order valence-corrected chi connectivity index (χ1v) is 10.3. The van der Waals surface area contributed by atoms with E-state index >= 15 is 0 Å². The minimum absolute atomic E-state index is 0.0212. The molecule has 0 amide bonds. The van der Waals surface area contributed by atoms with Crippen molar-refractivity contribution in [1.82, 2.24) is 9.88 Å². The van der Waals surface area contributed by atoms with Gasteiger partial charge in [0.15, 0.2) is 11.6 Å². The SMILES string of the molecule is CC(C)C(=O)COCCN1C[C@@H](C)N(c2ccc(C(=O)C(C)C)cn2)[C@@H](C)C1. The van der Waals surface area contributed by atoms with Crippen LogP contribution in [0.5, 0.6) is 0 Å². The maximum absolute atomic E-state index is 12.1. The van der Waals surface area contributed by atoms with Crippen LogP contribution in [0, 0.1) is 11.8 Å². The maximum atomic E-state index is 12.1. The first-order valence-electron chi connectivity index (χ1n) is 10.3. The number of aromatic nitrogens is 1. The highest BCUT2D eigenvalue weighted by molar-refractivity contribution is 5.97. The standard InChI is InChI=1S/C22H35N3O3/c1-15(2)20(26)14-28-10-9-24-12-17(5)25(18(6)13-24)21-8-7-19(11-23-21)22(27)16(3)4/h7-8,11,15-18H,9-10,12-14H2,1-6H3/t17-,18+. The lowest BCUT2D eigenvalue weighted by molar-refractivity contribution is -0.126. The second-order valence-corrected chi connectivity index (χ2v) is 8.46. The normalized spacial score (nSPS) is 20.8. The van der Waals surface area contributed by atoms with Crippen LogP contribution in [0.2, 0.25) is 0 Å². The maximum Gasteiger partial charge on any atom is 0.166 e. The molecule has 0 spiro atoms. The fourth-order valence-electron chi connectivity index (χ4n) is 3.62. The molecule has 1 aromatic rings. The van der Waals surface area contributed by atoms with E-state index < -0.39 is 0 Å². The van der Waals surface area contributed by atoms with Gasteiger partial charge in [-0.05, 0) is 26.0 Å². The molecule has 1 aliphatic heterocycles. The average Bonchev–Trinajstić information content (AvgIpc) is 2.64. The van der Waals surface area contributed by atoms with E-state index in [0.29, 0.717) is 24.3 Å². The van der Waals surface area contributed by atoms with Crippen LogP contribution < -0.4 is 4.90 Å². The number of pyridine rings is 1. The van der Waals surface area contributed by atoms with Crippen molar-refractivity contribution in [2.75, 3.05) is 37.7 Å². The fourth-order valence-corrected chi connectivity index (χ4v) is 3.62. The van der Waals surface area contributed by atoms with Gasteiger partial charge < -0.3 is 9.64 Å². The molecular formula is C22H35N3O3. The highest BCUT2D eigenvalue weighted by Crippen LogP contribution is 2.23. The van der Waals surface area contributed by atoms with Crippen molar-refractivity contribution in [1.29, 1.82) is 0 Å². The predicted octanol–water partition coefficient (Wildman–Crippen LogP) is 3.06. The summed E-state index contributed by atoms with van der Waals surface area (Å²) >= 11 is 0. The van der Waals surface area contributed by atoms with Gasteiger partial charge in [0.25, 0.3) is 0 Å². The third kappa shape index (κ3) is 5.85. The predicted molar refractivity (Wildman–Crippen MR) is 112 cm³/mol. The van der Waals surface area contributed by atoms with E-state index in [1.54, 1.807) is 6.20 Å². The first kappa shape index (κ1) is 22.5. The minimum atomic E-state index is -0.0212.